The average molecular weight is 366 g/mol. The number of likely N-dealkylation sites (tertiary alicyclic amines) is 1. The minimum absolute atomic E-state index is 0.0579. The number of carbonyl (C=O) groups is 2. The largest absolute Gasteiger partial charge is 0.351 e. The molecule has 2 rings (SSSR count). The molecule has 138 valence electrons. The molecule has 1 saturated heterocycles. The molecular weight excluding hydrogens is 338 g/mol. The number of carbonyl (C=O) groups excluding carboxylic acids is 2. The van der Waals surface area contributed by atoms with E-state index < -0.39 is 6.04 Å². The lowest BCUT2D eigenvalue weighted by Crippen LogP contribution is -2.54. The molecule has 1 aromatic rings. The molecule has 2 N–H and O–H groups in total. The average Bonchev–Trinajstić information content (AvgIpc) is 2.61. The number of piperidine rings is 1. The molecule has 1 aliphatic rings. The van der Waals surface area contributed by atoms with Crippen LogP contribution in [0.25, 0.3) is 0 Å². The molecule has 2 unspecified atom stereocenters. The van der Waals surface area contributed by atoms with Gasteiger partial charge in [0.2, 0.25) is 5.91 Å². The highest BCUT2D eigenvalue weighted by Crippen LogP contribution is 2.14. The summed E-state index contributed by atoms with van der Waals surface area (Å²) in [6, 6.07) is 6.33. The van der Waals surface area contributed by atoms with Crippen molar-refractivity contribution in [3.05, 3.63) is 34.9 Å². The zero-order chi connectivity index (χ0) is 18.4. The molecule has 1 fully saturated rings. The second-order valence-electron chi connectivity index (χ2n) is 6.93. The lowest BCUT2D eigenvalue weighted by molar-refractivity contribution is -0.125. The van der Waals surface area contributed by atoms with Gasteiger partial charge >= 0.3 is 0 Å². The lowest BCUT2D eigenvalue weighted by atomic mass is 9.96. The maximum Gasteiger partial charge on any atom is 0.251 e. The van der Waals surface area contributed by atoms with Gasteiger partial charge in [0.15, 0.2) is 0 Å². The summed E-state index contributed by atoms with van der Waals surface area (Å²) in [7, 11) is 2.09. The van der Waals surface area contributed by atoms with Crippen molar-refractivity contribution in [1.82, 2.24) is 15.5 Å². The minimum Gasteiger partial charge on any atom is -0.351 e. The van der Waals surface area contributed by atoms with E-state index in [2.05, 4.69) is 22.6 Å². The molecule has 2 amide bonds. The first-order valence-electron chi connectivity index (χ1n) is 8.96. The standard InChI is InChI=1S/C19H28ClN3O2/c1-4-13(2)17(19(25)21-16-9-11-23(3)12-10-16)22-18(24)14-5-7-15(20)8-6-14/h5-8,13,16-17H,4,9-12H2,1-3H3,(H,21,25)(H,22,24). The van der Waals surface area contributed by atoms with Crippen molar-refractivity contribution >= 4 is 23.4 Å². The molecule has 0 spiro atoms. The predicted octanol–water partition coefficient (Wildman–Crippen LogP) is 2.69. The van der Waals surface area contributed by atoms with Gasteiger partial charge in [-0.3, -0.25) is 9.59 Å². The Bertz CT molecular complexity index is 583. The Labute approximate surface area is 155 Å². The van der Waals surface area contributed by atoms with Crippen LogP contribution in [0.1, 0.15) is 43.5 Å². The monoisotopic (exact) mass is 365 g/mol. The van der Waals surface area contributed by atoms with Gasteiger partial charge in [-0.2, -0.15) is 0 Å². The van der Waals surface area contributed by atoms with Crippen LogP contribution in [0, 0.1) is 5.92 Å². The van der Waals surface area contributed by atoms with Crippen molar-refractivity contribution < 1.29 is 9.59 Å². The Morgan fingerprint density at radius 2 is 1.84 bits per heavy atom. The van der Waals surface area contributed by atoms with Gasteiger partial charge in [0.05, 0.1) is 0 Å². The van der Waals surface area contributed by atoms with Crippen molar-refractivity contribution in [3.63, 3.8) is 0 Å². The summed E-state index contributed by atoms with van der Waals surface area (Å²) >= 11 is 5.86. The number of nitrogens with one attached hydrogen (secondary N) is 2. The molecule has 25 heavy (non-hydrogen) atoms. The number of nitrogens with zero attached hydrogens (tertiary/aromatic N) is 1. The van der Waals surface area contributed by atoms with Crippen LogP contribution in [-0.2, 0) is 4.79 Å². The van der Waals surface area contributed by atoms with Crippen LogP contribution >= 0.6 is 11.6 Å². The first-order valence-corrected chi connectivity index (χ1v) is 9.33. The molecule has 0 bridgehead atoms. The molecular formula is C19H28ClN3O2. The second-order valence-corrected chi connectivity index (χ2v) is 7.37. The molecule has 0 radical (unpaired) electrons. The molecule has 1 heterocycles. The smallest absolute Gasteiger partial charge is 0.251 e. The molecule has 1 aromatic carbocycles. The number of halogens is 1. The third kappa shape index (κ3) is 5.72. The van der Waals surface area contributed by atoms with Gasteiger partial charge < -0.3 is 15.5 Å². The van der Waals surface area contributed by atoms with E-state index >= 15 is 0 Å². The van der Waals surface area contributed by atoms with Crippen molar-refractivity contribution in [1.29, 1.82) is 0 Å². The fourth-order valence-electron chi connectivity index (χ4n) is 2.97. The van der Waals surface area contributed by atoms with E-state index in [9.17, 15) is 9.59 Å². The summed E-state index contributed by atoms with van der Waals surface area (Å²) in [6.45, 7) is 5.97. The molecule has 1 aliphatic heterocycles. The van der Waals surface area contributed by atoms with Crippen molar-refractivity contribution in [3.8, 4) is 0 Å². The SMILES string of the molecule is CCC(C)C(NC(=O)c1ccc(Cl)cc1)C(=O)NC1CCN(C)CC1. The Hall–Kier alpha value is -1.59. The number of hydrogen-bond donors (Lipinski definition) is 2. The van der Waals surface area contributed by atoms with Crippen LogP contribution in [0.2, 0.25) is 5.02 Å². The molecule has 0 saturated carbocycles. The normalized spacial score (nSPS) is 18.4. The van der Waals surface area contributed by atoms with Gasteiger partial charge in [-0.15, -0.1) is 0 Å². The summed E-state index contributed by atoms with van der Waals surface area (Å²) in [5.41, 5.74) is 0.504. The van der Waals surface area contributed by atoms with Crippen molar-refractivity contribution in [2.75, 3.05) is 20.1 Å². The summed E-state index contributed by atoms with van der Waals surface area (Å²) in [6.07, 6.45) is 2.70. The van der Waals surface area contributed by atoms with E-state index in [1.807, 2.05) is 13.8 Å². The highest BCUT2D eigenvalue weighted by molar-refractivity contribution is 6.30. The lowest BCUT2D eigenvalue weighted by Gasteiger charge is -2.31. The number of rotatable bonds is 6. The van der Waals surface area contributed by atoms with E-state index in [0.29, 0.717) is 10.6 Å². The number of hydrogen-bond acceptors (Lipinski definition) is 3. The maximum atomic E-state index is 12.8. The fourth-order valence-corrected chi connectivity index (χ4v) is 3.10. The van der Waals surface area contributed by atoms with Crippen LogP contribution in [0.5, 0.6) is 0 Å². The van der Waals surface area contributed by atoms with Gasteiger partial charge in [-0.25, -0.2) is 0 Å². The second kappa shape index (κ2) is 9.20. The zero-order valence-electron chi connectivity index (χ0n) is 15.2. The number of benzene rings is 1. The van der Waals surface area contributed by atoms with Crippen LogP contribution in [-0.4, -0.2) is 48.9 Å². The topological polar surface area (TPSA) is 61.4 Å². The minimum atomic E-state index is -0.534. The van der Waals surface area contributed by atoms with Gasteiger partial charge in [0.1, 0.15) is 6.04 Å². The van der Waals surface area contributed by atoms with E-state index in [1.165, 1.54) is 0 Å². The maximum absolute atomic E-state index is 12.8. The zero-order valence-corrected chi connectivity index (χ0v) is 16.0. The summed E-state index contributed by atoms with van der Waals surface area (Å²) < 4.78 is 0. The van der Waals surface area contributed by atoms with E-state index in [0.717, 1.165) is 32.4 Å². The van der Waals surface area contributed by atoms with Crippen molar-refractivity contribution in [2.45, 2.75) is 45.2 Å². The predicted molar refractivity (Wildman–Crippen MR) is 101 cm³/mol. The van der Waals surface area contributed by atoms with Crippen LogP contribution in [0.15, 0.2) is 24.3 Å². The van der Waals surface area contributed by atoms with Crippen LogP contribution in [0.3, 0.4) is 0 Å². The van der Waals surface area contributed by atoms with Gasteiger partial charge in [-0.05, 0) is 63.2 Å². The molecule has 2 atom stereocenters. The van der Waals surface area contributed by atoms with Crippen molar-refractivity contribution in [2.24, 2.45) is 5.92 Å². The van der Waals surface area contributed by atoms with Gasteiger partial charge in [0.25, 0.3) is 5.91 Å². The molecule has 6 heteroatoms. The molecule has 0 aromatic heterocycles. The third-order valence-corrected chi connectivity index (χ3v) is 5.21. The highest BCUT2D eigenvalue weighted by Gasteiger charge is 2.28. The first kappa shape index (κ1) is 19.7. The summed E-state index contributed by atoms with van der Waals surface area (Å²) in [5.74, 6) is -0.283. The Kier molecular flexibility index (Phi) is 7.26. The van der Waals surface area contributed by atoms with Crippen LogP contribution in [0.4, 0.5) is 0 Å². The van der Waals surface area contributed by atoms with E-state index in [4.69, 9.17) is 11.6 Å². The number of amides is 2. The Morgan fingerprint density at radius 3 is 2.40 bits per heavy atom. The third-order valence-electron chi connectivity index (χ3n) is 4.95. The van der Waals surface area contributed by atoms with Gasteiger partial charge in [0, 0.05) is 16.6 Å². The fraction of sp³-hybridized carbons (Fsp3) is 0.579. The first-order chi connectivity index (χ1) is 11.9. The van der Waals surface area contributed by atoms with E-state index in [1.54, 1.807) is 24.3 Å². The quantitative estimate of drug-likeness (QED) is 0.814. The Morgan fingerprint density at radius 1 is 1.24 bits per heavy atom. The van der Waals surface area contributed by atoms with Crippen LogP contribution < -0.4 is 10.6 Å². The summed E-state index contributed by atoms with van der Waals surface area (Å²) in [5, 5.41) is 6.60. The molecule has 5 nitrogen and oxygen atoms in total. The highest BCUT2D eigenvalue weighted by atomic mass is 35.5. The van der Waals surface area contributed by atoms with E-state index in [-0.39, 0.29) is 23.8 Å². The Balaban J connectivity index is 2.01. The van der Waals surface area contributed by atoms with Gasteiger partial charge in [-0.1, -0.05) is 31.9 Å². The molecule has 0 aliphatic carbocycles. The summed E-state index contributed by atoms with van der Waals surface area (Å²) in [4.78, 5) is 27.5.